The van der Waals surface area contributed by atoms with Gasteiger partial charge in [-0.1, -0.05) is 235 Å². The molecular weight excluding hydrogens is 817 g/mol. The molecule has 1 atom stereocenters. The first-order valence-corrected chi connectivity index (χ1v) is 28.0. The number of carbonyl (C=O) groups excluding carboxylic acids is 3. The Bertz CT molecular complexity index is 1240. The van der Waals surface area contributed by atoms with Crippen molar-refractivity contribution in [3.8, 4) is 0 Å². The zero-order valence-electron chi connectivity index (χ0n) is 43.4. The van der Waals surface area contributed by atoms with Gasteiger partial charge in [-0.15, -0.1) is 0 Å². The fourth-order valence-corrected chi connectivity index (χ4v) is 7.80. The van der Waals surface area contributed by atoms with Crippen molar-refractivity contribution in [2.24, 2.45) is 0 Å². The average molecular weight is 921 g/mol. The highest BCUT2D eigenvalue weighted by Gasteiger charge is 2.19. The SMILES string of the molecule is CC\C=C/C=C\C=C/C=C\CCCCCCCC(=O)OC(COC(=O)CCCCC/C=C\CCCCCCCCC)COC(=O)CCCCCCCCC/C=C\CCCCCCCCCC. The van der Waals surface area contributed by atoms with Gasteiger partial charge in [0.05, 0.1) is 0 Å². The molecule has 0 N–H and O–H groups in total. The van der Waals surface area contributed by atoms with Crippen molar-refractivity contribution in [1.82, 2.24) is 0 Å². The summed E-state index contributed by atoms with van der Waals surface area (Å²) in [6, 6.07) is 0. The Balaban J connectivity index is 4.41. The fourth-order valence-electron chi connectivity index (χ4n) is 7.80. The first-order valence-electron chi connectivity index (χ1n) is 28.0. The molecule has 0 radical (unpaired) electrons. The second kappa shape index (κ2) is 54.5. The molecule has 66 heavy (non-hydrogen) atoms. The summed E-state index contributed by atoms with van der Waals surface area (Å²) in [7, 11) is 0. The van der Waals surface area contributed by atoms with Crippen LogP contribution in [0.25, 0.3) is 0 Å². The highest BCUT2D eigenvalue weighted by Crippen LogP contribution is 2.15. The van der Waals surface area contributed by atoms with E-state index in [1.807, 2.05) is 18.2 Å². The average Bonchev–Trinajstić information content (AvgIpc) is 3.31. The number of hydrogen-bond acceptors (Lipinski definition) is 6. The summed E-state index contributed by atoms with van der Waals surface area (Å²) in [5.74, 6) is -0.930. The van der Waals surface area contributed by atoms with Crippen molar-refractivity contribution in [2.45, 2.75) is 277 Å². The molecule has 0 aromatic rings. The smallest absolute Gasteiger partial charge is 0.306 e. The minimum Gasteiger partial charge on any atom is -0.462 e. The molecule has 0 aromatic heterocycles. The highest BCUT2D eigenvalue weighted by atomic mass is 16.6. The highest BCUT2D eigenvalue weighted by molar-refractivity contribution is 5.71. The Morgan fingerprint density at radius 2 is 0.606 bits per heavy atom. The zero-order valence-corrected chi connectivity index (χ0v) is 43.4. The molecule has 0 rings (SSSR count). The van der Waals surface area contributed by atoms with Gasteiger partial charge < -0.3 is 14.2 Å². The molecule has 0 spiro atoms. The minimum absolute atomic E-state index is 0.0918. The van der Waals surface area contributed by atoms with E-state index in [2.05, 4.69) is 75.5 Å². The van der Waals surface area contributed by atoms with Gasteiger partial charge in [0.1, 0.15) is 13.2 Å². The molecular formula is C60H104O6. The van der Waals surface area contributed by atoms with Crippen LogP contribution in [0.15, 0.2) is 72.9 Å². The van der Waals surface area contributed by atoms with E-state index in [0.717, 1.165) is 96.3 Å². The van der Waals surface area contributed by atoms with Crippen molar-refractivity contribution in [1.29, 1.82) is 0 Å². The van der Waals surface area contributed by atoms with E-state index >= 15 is 0 Å². The lowest BCUT2D eigenvalue weighted by molar-refractivity contribution is -0.167. The van der Waals surface area contributed by atoms with Crippen LogP contribution in [0.2, 0.25) is 0 Å². The van der Waals surface area contributed by atoms with Crippen molar-refractivity contribution >= 4 is 17.9 Å². The standard InChI is InChI=1S/C60H104O6/c1-4-7-10-13-16-19-22-25-28-29-30-31-33-35-38-41-44-47-50-53-59(62)65-56-57(55-64-58(61)52-49-46-43-40-37-34-27-24-21-18-15-12-9-6-3)66-60(63)54-51-48-45-42-39-36-32-26-23-20-17-14-11-8-5-2/h8,11,14,17,20,23,26,29-30,32,34,37,57H,4-7,9-10,12-13,15-16,18-19,21-22,24-25,27-28,31,33,35-36,38-56H2,1-3H3/b11-8-,17-14-,23-20-,30-29-,32-26-,37-34-. The summed E-state index contributed by atoms with van der Waals surface area (Å²) in [6.45, 7) is 6.47. The second-order valence-electron chi connectivity index (χ2n) is 18.5. The van der Waals surface area contributed by atoms with E-state index in [0.29, 0.717) is 19.3 Å². The van der Waals surface area contributed by atoms with Crippen LogP contribution in [0.5, 0.6) is 0 Å². The molecule has 0 aromatic carbocycles. The van der Waals surface area contributed by atoms with Gasteiger partial charge >= 0.3 is 17.9 Å². The van der Waals surface area contributed by atoms with E-state index < -0.39 is 6.10 Å². The number of carbonyl (C=O) groups is 3. The van der Waals surface area contributed by atoms with Crippen molar-refractivity contribution in [3.05, 3.63) is 72.9 Å². The summed E-state index contributed by atoms with van der Waals surface area (Å²) in [5, 5.41) is 0. The predicted octanol–water partition coefficient (Wildman–Crippen LogP) is 18.6. The third kappa shape index (κ3) is 51.8. The van der Waals surface area contributed by atoms with Crippen LogP contribution in [0.4, 0.5) is 0 Å². The summed E-state index contributed by atoms with van der Waals surface area (Å²) >= 11 is 0. The predicted molar refractivity (Wildman–Crippen MR) is 284 cm³/mol. The summed E-state index contributed by atoms with van der Waals surface area (Å²) in [6.07, 6.45) is 68.9. The van der Waals surface area contributed by atoms with Crippen molar-refractivity contribution in [3.63, 3.8) is 0 Å². The maximum atomic E-state index is 12.8. The van der Waals surface area contributed by atoms with Crippen LogP contribution >= 0.6 is 0 Å². The molecule has 0 bridgehead atoms. The zero-order chi connectivity index (χ0) is 47.9. The van der Waals surface area contributed by atoms with Crippen molar-refractivity contribution in [2.75, 3.05) is 13.2 Å². The number of allylic oxidation sites excluding steroid dienone is 12. The van der Waals surface area contributed by atoms with Gasteiger partial charge in [-0.2, -0.15) is 0 Å². The summed E-state index contributed by atoms with van der Waals surface area (Å²) in [5.41, 5.74) is 0. The Hall–Kier alpha value is -3.15. The first kappa shape index (κ1) is 62.8. The normalized spacial score (nSPS) is 12.6. The molecule has 0 aliphatic heterocycles. The van der Waals surface area contributed by atoms with Crippen LogP contribution in [-0.2, 0) is 28.6 Å². The second-order valence-corrected chi connectivity index (χ2v) is 18.5. The van der Waals surface area contributed by atoms with Crippen LogP contribution in [0.1, 0.15) is 271 Å². The van der Waals surface area contributed by atoms with Gasteiger partial charge in [0.15, 0.2) is 6.10 Å². The molecule has 0 saturated heterocycles. The minimum atomic E-state index is -0.795. The van der Waals surface area contributed by atoms with E-state index in [-0.39, 0.29) is 31.1 Å². The molecule has 0 saturated carbocycles. The molecule has 6 nitrogen and oxygen atoms in total. The van der Waals surface area contributed by atoms with Crippen LogP contribution < -0.4 is 0 Å². The Kier molecular flexibility index (Phi) is 51.9. The van der Waals surface area contributed by atoms with E-state index in [4.69, 9.17) is 14.2 Å². The lowest BCUT2D eigenvalue weighted by atomic mass is 10.1. The topological polar surface area (TPSA) is 78.9 Å². The lowest BCUT2D eigenvalue weighted by Crippen LogP contribution is -2.30. The molecule has 0 fully saturated rings. The Morgan fingerprint density at radius 1 is 0.318 bits per heavy atom. The van der Waals surface area contributed by atoms with E-state index in [1.54, 1.807) is 0 Å². The van der Waals surface area contributed by atoms with Crippen LogP contribution in [0, 0.1) is 0 Å². The van der Waals surface area contributed by atoms with Gasteiger partial charge in [-0.3, -0.25) is 14.4 Å². The molecule has 0 aliphatic carbocycles. The number of hydrogen-bond donors (Lipinski definition) is 0. The number of esters is 3. The number of unbranched alkanes of at least 4 members (excludes halogenated alkanes) is 30. The van der Waals surface area contributed by atoms with Gasteiger partial charge in [0.2, 0.25) is 0 Å². The third-order valence-corrected chi connectivity index (χ3v) is 12.0. The van der Waals surface area contributed by atoms with E-state index in [1.165, 1.54) is 135 Å². The third-order valence-electron chi connectivity index (χ3n) is 12.0. The quantitative estimate of drug-likeness (QED) is 0.0199. The number of rotatable bonds is 50. The summed E-state index contributed by atoms with van der Waals surface area (Å²) in [4.78, 5) is 38.1. The maximum Gasteiger partial charge on any atom is 0.306 e. The monoisotopic (exact) mass is 921 g/mol. The van der Waals surface area contributed by atoms with E-state index in [9.17, 15) is 14.4 Å². The molecule has 0 heterocycles. The summed E-state index contributed by atoms with van der Waals surface area (Å²) < 4.78 is 16.8. The van der Waals surface area contributed by atoms with Gasteiger partial charge in [-0.05, 0) is 89.9 Å². The van der Waals surface area contributed by atoms with Gasteiger partial charge in [0.25, 0.3) is 0 Å². The van der Waals surface area contributed by atoms with Crippen molar-refractivity contribution < 1.29 is 28.6 Å². The van der Waals surface area contributed by atoms with Crippen LogP contribution in [0.3, 0.4) is 0 Å². The molecule has 0 amide bonds. The lowest BCUT2D eigenvalue weighted by Gasteiger charge is -2.18. The fraction of sp³-hybridized carbons (Fsp3) is 0.750. The Labute approximate surface area is 408 Å². The van der Waals surface area contributed by atoms with Gasteiger partial charge in [0, 0.05) is 19.3 Å². The first-order chi connectivity index (χ1) is 32.5. The maximum absolute atomic E-state index is 12.8. The number of ether oxygens (including phenoxy) is 3. The van der Waals surface area contributed by atoms with Crippen LogP contribution in [-0.4, -0.2) is 37.2 Å². The van der Waals surface area contributed by atoms with Gasteiger partial charge in [-0.25, -0.2) is 0 Å². The Morgan fingerprint density at radius 3 is 0.985 bits per heavy atom. The molecule has 1 unspecified atom stereocenters. The molecule has 0 aliphatic rings. The largest absolute Gasteiger partial charge is 0.462 e. The molecule has 380 valence electrons. The molecule has 6 heteroatoms.